The molecule has 0 aliphatic carbocycles. The number of ether oxygens (including phenoxy) is 2. The highest BCUT2D eigenvalue weighted by Crippen LogP contribution is 2.08. The molecule has 0 aliphatic heterocycles. The van der Waals surface area contributed by atoms with Crippen molar-refractivity contribution in [2.24, 2.45) is 0 Å². The zero-order valence-electron chi connectivity index (χ0n) is 9.04. The van der Waals surface area contributed by atoms with E-state index in [-0.39, 0.29) is 0 Å². The van der Waals surface area contributed by atoms with Gasteiger partial charge in [0.2, 0.25) is 0 Å². The van der Waals surface area contributed by atoms with Crippen LogP contribution in [0.1, 0.15) is 0 Å². The third-order valence-electron chi connectivity index (χ3n) is 1.67. The predicted octanol–water partition coefficient (Wildman–Crippen LogP) is -0.832. The third-order valence-corrected chi connectivity index (χ3v) is 1.67. The van der Waals surface area contributed by atoms with Crippen LogP contribution in [0, 0.1) is 0 Å². The van der Waals surface area contributed by atoms with Gasteiger partial charge >= 0.3 is 11.9 Å². The molecule has 6 nitrogen and oxygen atoms in total. The van der Waals surface area contributed by atoms with Crippen molar-refractivity contribution in [2.75, 3.05) is 20.8 Å². The maximum atomic E-state index is 10.8. The van der Waals surface area contributed by atoms with Crippen molar-refractivity contribution in [1.29, 1.82) is 0 Å². The Hall–Kier alpha value is -1.66. The van der Waals surface area contributed by atoms with Crippen molar-refractivity contribution < 1.29 is 29.3 Å². The van der Waals surface area contributed by atoms with Crippen LogP contribution in [-0.4, -0.2) is 48.6 Å². The molecule has 0 heterocycles. The first-order valence-corrected chi connectivity index (χ1v) is 4.35. The normalized spacial score (nSPS) is 15.0. The molecule has 0 unspecified atom stereocenters. The lowest BCUT2D eigenvalue weighted by molar-refractivity contribution is -0.135. The quantitative estimate of drug-likeness (QED) is 0.473. The standard InChI is InChI=1S/C10H14O6/c1-15-8(12)3-5-10(14,7-11)6-4-9(13)16-2/h3-6,11,14H,7H2,1-2H3. The number of aliphatic hydroxyl groups excluding tert-OH is 1. The predicted molar refractivity (Wildman–Crippen MR) is 54.3 cm³/mol. The SMILES string of the molecule is COC(=O)C=CC(O)(C=CC(=O)OC)CO. The highest BCUT2D eigenvalue weighted by molar-refractivity contribution is 5.83. The molecule has 0 radical (unpaired) electrons. The van der Waals surface area contributed by atoms with E-state index in [0.29, 0.717) is 0 Å². The molecule has 0 amide bonds. The van der Waals surface area contributed by atoms with Crippen LogP contribution in [-0.2, 0) is 19.1 Å². The van der Waals surface area contributed by atoms with E-state index in [1.807, 2.05) is 0 Å². The van der Waals surface area contributed by atoms with Gasteiger partial charge in [-0.1, -0.05) is 0 Å². The Morgan fingerprint density at radius 2 is 1.50 bits per heavy atom. The van der Waals surface area contributed by atoms with Crippen molar-refractivity contribution in [2.45, 2.75) is 5.60 Å². The number of methoxy groups -OCH3 is 2. The van der Waals surface area contributed by atoms with Gasteiger partial charge in [-0.15, -0.1) is 0 Å². The van der Waals surface area contributed by atoms with Crippen molar-refractivity contribution >= 4 is 11.9 Å². The Morgan fingerprint density at radius 3 is 1.75 bits per heavy atom. The second-order valence-corrected chi connectivity index (χ2v) is 2.86. The molecule has 0 aliphatic rings. The third kappa shape index (κ3) is 5.28. The van der Waals surface area contributed by atoms with Gasteiger partial charge in [-0.25, -0.2) is 9.59 Å². The van der Waals surface area contributed by atoms with E-state index >= 15 is 0 Å². The number of aliphatic hydroxyl groups is 2. The Bertz CT molecular complexity index is 278. The Balaban J connectivity index is 4.66. The zero-order chi connectivity index (χ0) is 12.6. The summed E-state index contributed by atoms with van der Waals surface area (Å²) in [5.74, 6) is -1.36. The topological polar surface area (TPSA) is 93.1 Å². The molecule has 0 bridgehead atoms. The van der Waals surface area contributed by atoms with Gasteiger partial charge in [-0.3, -0.25) is 0 Å². The number of carbonyl (C=O) groups excluding carboxylic acids is 2. The minimum absolute atomic E-state index is 0.682. The lowest BCUT2D eigenvalue weighted by Gasteiger charge is -2.16. The highest BCUT2D eigenvalue weighted by Gasteiger charge is 2.19. The minimum Gasteiger partial charge on any atom is -0.466 e. The summed E-state index contributed by atoms with van der Waals surface area (Å²) >= 11 is 0. The Morgan fingerprint density at radius 1 is 1.12 bits per heavy atom. The summed E-state index contributed by atoms with van der Waals surface area (Å²) in [5.41, 5.74) is -1.80. The summed E-state index contributed by atoms with van der Waals surface area (Å²) in [6.07, 6.45) is 3.91. The average molecular weight is 230 g/mol. The number of esters is 2. The van der Waals surface area contributed by atoms with E-state index in [9.17, 15) is 14.7 Å². The van der Waals surface area contributed by atoms with Gasteiger partial charge in [0.25, 0.3) is 0 Å². The summed E-state index contributed by atoms with van der Waals surface area (Å²) in [5, 5.41) is 18.6. The summed E-state index contributed by atoms with van der Waals surface area (Å²) < 4.78 is 8.61. The Kier molecular flexibility index (Phi) is 6.06. The lowest BCUT2D eigenvalue weighted by Crippen LogP contribution is -2.28. The first-order chi connectivity index (χ1) is 7.47. The molecule has 0 aromatic rings. The molecule has 0 saturated carbocycles. The van der Waals surface area contributed by atoms with Crippen LogP contribution in [0.3, 0.4) is 0 Å². The van der Waals surface area contributed by atoms with Crippen LogP contribution in [0.25, 0.3) is 0 Å². The van der Waals surface area contributed by atoms with Gasteiger partial charge in [0.1, 0.15) is 5.60 Å². The molecule has 2 N–H and O–H groups in total. The molecule has 0 saturated heterocycles. The molecule has 0 atom stereocenters. The zero-order valence-corrected chi connectivity index (χ0v) is 9.04. The second-order valence-electron chi connectivity index (χ2n) is 2.86. The second kappa shape index (κ2) is 6.76. The molecule has 0 spiro atoms. The Labute approximate surface area is 92.8 Å². The number of hydrogen-bond acceptors (Lipinski definition) is 6. The van der Waals surface area contributed by atoms with Crippen molar-refractivity contribution in [3.8, 4) is 0 Å². The summed E-state index contributed by atoms with van der Waals surface area (Å²) in [6, 6.07) is 0. The van der Waals surface area contributed by atoms with Crippen LogP contribution in [0.15, 0.2) is 24.3 Å². The maximum absolute atomic E-state index is 10.8. The summed E-state index contributed by atoms with van der Waals surface area (Å²) in [7, 11) is 2.35. The highest BCUT2D eigenvalue weighted by atomic mass is 16.5. The summed E-state index contributed by atoms with van der Waals surface area (Å²) in [4.78, 5) is 21.5. The molecule has 16 heavy (non-hydrogen) atoms. The molecule has 90 valence electrons. The smallest absolute Gasteiger partial charge is 0.330 e. The van der Waals surface area contributed by atoms with E-state index in [1.54, 1.807) is 0 Å². The number of carbonyl (C=O) groups is 2. The van der Waals surface area contributed by atoms with E-state index in [4.69, 9.17) is 5.11 Å². The lowest BCUT2D eigenvalue weighted by atomic mass is 10.0. The van der Waals surface area contributed by atoms with E-state index < -0.39 is 24.1 Å². The van der Waals surface area contributed by atoms with Gasteiger partial charge < -0.3 is 19.7 Å². The molecule has 6 heteroatoms. The number of hydrogen-bond donors (Lipinski definition) is 2. The fourth-order valence-electron chi connectivity index (χ4n) is 0.722. The van der Waals surface area contributed by atoms with E-state index in [0.717, 1.165) is 24.3 Å². The van der Waals surface area contributed by atoms with Crippen LogP contribution >= 0.6 is 0 Å². The van der Waals surface area contributed by atoms with Gasteiger partial charge in [-0.2, -0.15) is 0 Å². The van der Waals surface area contributed by atoms with E-state index in [2.05, 4.69) is 9.47 Å². The van der Waals surface area contributed by atoms with Gasteiger partial charge in [0, 0.05) is 12.2 Å². The van der Waals surface area contributed by atoms with E-state index in [1.165, 1.54) is 14.2 Å². The van der Waals surface area contributed by atoms with Crippen LogP contribution < -0.4 is 0 Å². The minimum atomic E-state index is -1.80. The molecular formula is C10H14O6. The van der Waals surface area contributed by atoms with Gasteiger partial charge in [0.15, 0.2) is 0 Å². The van der Waals surface area contributed by atoms with Crippen LogP contribution in [0.5, 0.6) is 0 Å². The molecule has 0 rings (SSSR count). The van der Waals surface area contributed by atoms with Crippen molar-refractivity contribution in [3.63, 3.8) is 0 Å². The van der Waals surface area contributed by atoms with Crippen molar-refractivity contribution in [3.05, 3.63) is 24.3 Å². The molecule has 0 aromatic carbocycles. The maximum Gasteiger partial charge on any atom is 0.330 e. The van der Waals surface area contributed by atoms with Gasteiger partial charge in [0.05, 0.1) is 20.8 Å². The molecular weight excluding hydrogens is 216 g/mol. The first kappa shape index (κ1) is 14.3. The molecule has 0 fully saturated rings. The molecule has 0 aromatic heterocycles. The fourth-order valence-corrected chi connectivity index (χ4v) is 0.722. The van der Waals surface area contributed by atoms with Crippen LogP contribution in [0.2, 0.25) is 0 Å². The largest absolute Gasteiger partial charge is 0.466 e. The van der Waals surface area contributed by atoms with Crippen molar-refractivity contribution in [1.82, 2.24) is 0 Å². The van der Waals surface area contributed by atoms with Crippen LogP contribution in [0.4, 0.5) is 0 Å². The average Bonchev–Trinajstić information content (AvgIpc) is 2.32. The summed E-state index contributed by atoms with van der Waals surface area (Å²) in [6.45, 7) is -0.687. The number of rotatable bonds is 5. The monoisotopic (exact) mass is 230 g/mol. The fraction of sp³-hybridized carbons (Fsp3) is 0.400. The first-order valence-electron chi connectivity index (χ1n) is 4.35. The van der Waals surface area contributed by atoms with Gasteiger partial charge in [-0.05, 0) is 12.2 Å².